The molecule has 1 aliphatic rings. The van der Waals surface area contributed by atoms with Crippen molar-refractivity contribution >= 4 is 46.6 Å². The van der Waals surface area contributed by atoms with Crippen molar-refractivity contribution < 1.29 is 14.0 Å². The highest BCUT2D eigenvalue weighted by Crippen LogP contribution is 2.17. The fraction of sp³-hybridized carbons (Fsp3) is 0.438. The summed E-state index contributed by atoms with van der Waals surface area (Å²) in [5.74, 6) is -0.645. The van der Waals surface area contributed by atoms with Crippen molar-refractivity contribution in [2.45, 2.75) is 31.7 Å². The fourth-order valence-corrected chi connectivity index (χ4v) is 3.26. The summed E-state index contributed by atoms with van der Waals surface area (Å²) in [6, 6.07) is 5.87. The zero-order valence-corrected chi connectivity index (χ0v) is 15.3. The summed E-state index contributed by atoms with van der Waals surface area (Å²) in [4.78, 5) is 23.4. The molecule has 0 heterocycles. The first-order chi connectivity index (χ1) is 12.0. The highest BCUT2D eigenvalue weighted by Gasteiger charge is 2.15. The molecule has 2 amide bonds. The molecule has 0 unspecified atom stereocenters. The van der Waals surface area contributed by atoms with Gasteiger partial charge in [0.05, 0.1) is 11.5 Å². The number of hydrogen-bond donors (Lipinski definition) is 4. The Morgan fingerprint density at radius 3 is 2.40 bits per heavy atom. The number of halogens is 1. The van der Waals surface area contributed by atoms with Crippen molar-refractivity contribution in [3.63, 3.8) is 0 Å². The monoisotopic (exact) mass is 384 g/mol. The second-order valence-electron chi connectivity index (χ2n) is 5.68. The van der Waals surface area contributed by atoms with Crippen LogP contribution in [0.1, 0.15) is 25.7 Å². The van der Waals surface area contributed by atoms with E-state index < -0.39 is 0 Å². The number of nitrogens with one attached hydrogen (secondary N) is 4. The van der Waals surface area contributed by atoms with Gasteiger partial charge in [0, 0.05) is 11.7 Å². The summed E-state index contributed by atoms with van der Waals surface area (Å²) in [5, 5.41) is 6.18. The Bertz CT molecular complexity index is 607. The molecule has 1 aromatic rings. The van der Waals surface area contributed by atoms with Crippen LogP contribution in [0.2, 0.25) is 0 Å². The predicted octanol–water partition coefficient (Wildman–Crippen LogP) is 1.94. The van der Waals surface area contributed by atoms with Crippen molar-refractivity contribution in [3.05, 3.63) is 30.1 Å². The molecule has 0 atom stereocenters. The van der Waals surface area contributed by atoms with E-state index in [9.17, 15) is 14.0 Å². The molecule has 2 rings (SSSR count). The van der Waals surface area contributed by atoms with Crippen LogP contribution in [0.15, 0.2) is 24.3 Å². The lowest BCUT2D eigenvalue weighted by molar-refractivity contribution is -0.119. The largest absolute Gasteiger partial charge is 0.359 e. The van der Waals surface area contributed by atoms with Gasteiger partial charge in [-0.25, -0.2) is 4.39 Å². The fourth-order valence-electron chi connectivity index (χ4n) is 2.42. The number of hydrazine groups is 1. The molecule has 4 N–H and O–H groups in total. The van der Waals surface area contributed by atoms with Crippen molar-refractivity contribution in [2.24, 2.45) is 0 Å². The smallest absolute Gasteiger partial charge is 0.248 e. The van der Waals surface area contributed by atoms with Gasteiger partial charge in [0.15, 0.2) is 5.11 Å². The molecule has 136 valence electrons. The Kier molecular flexibility index (Phi) is 7.93. The Hall–Kier alpha value is -1.87. The number of thioether (sulfide) groups is 1. The van der Waals surface area contributed by atoms with E-state index in [1.165, 1.54) is 48.9 Å². The van der Waals surface area contributed by atoms with Crippen molar-refractivity contribution in [1.82, 2.24) is 16.2 Å². The average Bonchev–Trinajstić information content (AvgIpc) is 3.08. The molecule has 0 spiro atoms. The number of benzene rings is 1. The first kappa shape index (κ1) is 19.5. The van der Waals surface area contributed by atoms with Gasteiger partial charge in [0.2, 0.25) is 11.8 Å². The van der Waals surface area contributed by atoms with E-state index in [0.717, 1.165) is 12.8 Å². The molecule has 1 fully saturated rings. The van der Waals surface area contributed by atoms with E-state index in [0.29, 0.717) is 16.8 Å². The maximum absolute atomic E-state index is 12.8. The third-order valence-corrected chi connectivity index (χ3v) is 4.75. The van der Waals surface area contributed by atoms with Gasteiger partial charge in [-0.15, -0.1) is 11.8 Å². The summed E-state index contributed by atoms with van der Waals surface area (Å²) < 4.78 is 12.8. The van der Waals surface area contributed by atoms with E-state index in [1.54, 1.807) is 0 Å². The first-order valence-electron chi connectivity index (χ1n) is 8.01. The lowest BCUT2D eigenvalue weighted by atomic mass is 10.3. The minimum absolute atomic E-state index is 0.121. The molecule has 6 nitrogen and oxygen atoms in total. The van der Waals surface area contributed by atoms with Crippen LogP contribution in [0.5, 0.6) is 0 Å². The number of rotatable bonds is 6. The number of thiocarbonyl (C=S) groups is 1. The normalized spacial score (nSPS) is 14.0. The lowest BCUT2D eigenvalue weighted by Crippen LogP contribution is -2.49. The van der Waals surface area contributed by atoms with Crippen LogP contribution in [0.4, 0.5) is 10.1 Å². The minimum Gasteiger partial charge on any atom is -0.359 e. The number of carbonyl (C=O) groups excluding carboxylic acids is 2. The number of anilines is 1. The summed E-state index contributed by atoms with van der Waals surface area (Å²) in [6.45, 7) is 0. The van der Waals surface area contributed by atoms with Gasteiger partial charge < -0.3 is 10.6 Å². The standard InChI is InChI=1S/C16H21FN4O2S2/c17-11-5-7-13(8-6-11)18-14(22)9-25-10-15(23)20-21-16(24)19-12-3-1-2-4-12/h5-8,12H,1-4,9-10H2,(H,18,22)(H,20,23)(H2,19,21,24). The van der Waals surface area contributed by atoms with E-state index in [1.807, 2.05) is 0 Å². The number of amides is 2. The Labute approximate surface area is 155 Å². The molecular weight excluding hydrogens is 363 g/mol. The first-order valence-corrected chi connectivity index (χ1v) is 9.58. The zero-order chi connectivity index (χ0) is 18.1. The van der Waals surface area contributed by atoms with Crippen LogP contribution in [-0.2, 0) is 9.59 Å². The Balaban J connectivity index is 1.55. The van der Waals surface area contributed by atoms with Crippen molar-refractivity contribution in [3.8, 4) is 0 Å². The maximum Gasteiger partial charge on any atom is 0.248 e. The Morgan fingerprint density at radius 1 is 1.08 bits per heavy atom. The van der Waals surface area contributed by atoms with Crippen LogP contribution in [-0.4, -0.2) is 34.5 Å². The van der Waals surface area contributed by atoms with Gasteiger partial charge in [-0.05, 0) is 49.3 Å². The molecular formula is C16H21FN4O2S2. The van der Waals surface area contributed by atoms with E-state index in [4.69, 9.17) is 12.2 Å². The Morgan fingerprint density at radius 2 is 1.72 bits per heavy atom. The average molecular weight is 385 g/mol. The quantitative estimate of drug-likeness (QED) is 0.443. The lowest BCUT2D eigenvalue weighted by Gasteiger charge is -2.16. The third-order valence-electron chi connectivity index (χ3n) is 3.60. The molecule has 0 aliphatic heterocycles. The molecule has 1 aliphatic carbocycles. The number of hydrogen-bond acceptors (Lipinski definition) is 4. The third kappa shape index (κ3) is 7.70. The molecule has 25 heavy (non-hydrogen) atoms. The van der Waals surface area contributed by atoms with Crippen LogP contribution in [0.25, 0.3) is 0 Å². The molecule has 0 aromatic heterocycles. The predicted molar refractivity (Wildman–Crippen MR) is 102 cm³/mol. The summed E-state index contributed by atoms with van der Waals surface area (Å²) in [7, 11) is 0. The van der Waals surface area contributed by atoms with Crippen LogP contribution >= 0.6 is 24.0 Å². The highest BCUT2D eigenvalue weighted by molar-refractivity contribution is 8.00. The topological polar surface area (TPSA) is 82.3 Å². The van der Waals surface area contributed by atoms with Crippen LogP contribution < -0.4 is 21.5 Å². The minimum atomic E-state index is -0.364. The zero-order valence-electron chi connectivity index (χ0n) is 13.6. The van der Waals surface area contributed by atoms with Gasteiger partial charge in [0.25, 0.3) is 0 Å². The van der Waals surface area contributed by atoms with Gasteiger partial charge >= 0.3 is 0 Å². The second kappa shape index (κ2) is 10.2. The summed E-state index contributed by atoms with van der Waals surface area (Å²) in [5.41, 5.74) is 5.68. The highest BCUT2D eigenvalue weighted by atomic mass is 32.2. The van der Waals surface area contributed by atoms with Crippen molar-refractivity contribution in [2.75, 3.05) is 16.8 Å². The van der Waals surface area contributed by atoms with E-state index in [2.05, 4.69) is 21.5 Å². The molecule has 9 heteroatoms. The van der Waals surface area contributed by atoms with E-state index >= 15 is 0 Å². The molecule has 0 bridgehead atoms. The maximum atomic E-state index is 12.8. The SMILES string of the molecule is O=C(CSCC(=O)Nc1ccc(F)cc1)NNC(=S)NC1CCCC1. The molecule has 0 saturated heterocycles. The van der Waals surface area contributed by atoms with Gasteiger partial charge in [-0.3, -0.25) is 20.4 Å². The summed E-state index contributed by atoms with van der Waals surface area (Å²) in [6.07, 6.45) is 4.58. The van der Waals surface area contributed by atoms with Crippen molar-refractivity contribution in [1.29, 1.82) is 0 Å². The van der Waals surface area contributed by atoms with Crippen LogP contribution in [0.3, 0.4) is 0 Å². The van der Waals surface area contributed by atoms with Crippen LogP contribution in [0, 0.1) is 5.82 Å². The number of carbonyl (C=O) groups is 2. The summed E-state index contributed by atoms with van der Waals surface area (Å²) >= 11 is 6.29. The molecule has 1 saturated carbocycles. The second-order valence-corrected chi connectivity index (χ2v) is 7.07. The van der Waals surface area contributed by atoms with E-state index in [-0.39, 0.29) is 29.1 Å². The van der Waals surface area contributed by atoms with Gasteiger partial charge in [-0.1, -0.05) is 12.8 Å². The molecule has 1 aromatic carbocycles. The molecule has 0 radical (unpaired) electrons. The van der Waals surface area contributed by atoms with Gasteiger partial charge in [-0.2, -0.15) is 0 Å². The van der Waals surface area contributed by atoms with Gasteiger partial charge in [0.1, 0.15) is 5.82 Å².